The first-order chi connectivity index (χ1) is 10.6. The number of anilines is 1. The Morgan fingerprint density at radius 1 is 1.41 bits per heavy atom. The zero-order chi connectivity index (χ0) is 15.9. The van der Waals surface area contributed by atoms with Crippen LogP contribution in [0.3, 0.4) is 0 Å². The summed E-state index contributed by atoms with van der Waals surface area (Å²) in [5.74, 6) is 3.12. The topological polar surface area (TPSA) is 53.1 Å². The Balaban J connectivity index is 1.75. The molecule has 0 atom stereocenters. The van der Waals surface area contributed by atoms with Gasteiger partial charge in [0.1, 0.15) is 0 Å². The molecule has 22 heavy (non-hydrogen) atoms. The average molecular weight is 311 g/mol. The predicted octanol–water partition coefficient (Wildman–Crippen LogP) is 3.56. The number of hydrogen-bond donors (Lipinski definition) is 1. The van der Waals surface area contributed by atoms with Gasteiger partial charge in [-0.2, -0.15) is 5.10 Å². The smallest absolute Gasteiger partial charge is 0.284 e. The van der Waals surface area contributed by atoms with Crippen molar-refractivity contribution in [2.75, 3.05) is 18.9 Å². The summed E-state index contributed by atoms with van der Waals surface area (Å²) in [6, 6.07) is 0.160. The standard InChI is InChI=1S/C16H23F2N3O/c1-2-3-4-9-22-11-12-5-7-13(8-6-12)21-10-14(19)15(20-21)16(17)18/h1,10,12-13,16H,3-9,11,19H2. The third kappa shape index (κ3) is 4.44. The number of terminal acetylenes is 1. The highest BCUT2D eigenvalue weighted by Crippen LogP contribution is 2.34. The minimum atomic E-state index is -2.62. The van der Waals surface area contributed by atoms with Crippen molar-refractivity contribution in [1.29, 1.82) is 0 Å². The van der Waals surface area contributed by atoms with Crippen molar-refractivity contribution < 1.29 is 13.5 Å². The van der Waals surface area contributed by atoms with Crippen LogP contribution < -0.4 is 5.73 Å². The molecule has 1 saturated carbocycles. The molecule has 0 aromatic carbocycles. The van der Waals surface area contributed by atoms with Gasteiger partial charge in [-0.05, 0) is 38.0 Å². The summed E-state index contributed by atoms with van der Waals surface area (Å²) >= 11 is 0. The molecule has 2 N–H and O–H groups in total. The van der Waals surface area contributed by atoms with E-state index in [4.69, 9.17) is 16.9 Å². The number of ether oxygens (including phenoxy) is 1. The molecule has 1 aromatic rings. The number of alkyl halides is 2. The molecule has 0 saturated heterocycles. The van der Waals surface area contributed by atoms with Gasteiger partial charge in [0, 0.05) is 25.8 Å². The van der Waals surface area contributed by atoms with Gasteiger partial charge in [-0.3, -0.25) is 4.68 Å². The minimum absolute atomic E-state index is 0.0778. The minimum Gasteiger partial charge on any atom is -0.396 e. The molecule has 1 aliphatic carbocycles. The van der Waals surface area contributed by atoms with Gasteiger partial charge in [-0.25, -0.2) is 8.78 Å². The van der Waals surface area contributed by atoms with E-state index in [0.29, 0.717) is 12.5 Å². The van der Waals surface area contributed by atoms with Gasteiger partial charge in [-0.15, -0.1) is 12.3 Å². The number of halogens is 2. The third-order valence-corrected chi connectivity index (χ3v) is 4.15. The fraction of sp³-hybridized carbons (Fsp3) is 0.688. The zero-order valence-corrected chi connectivity index (χ0v) is 12.7. The summed E-state index contributed by atoms with van der Waals surface area (Å²) in [6.07, 6.45) is 9.62. The van der Waals surface area contributed by atoms with Crippen LogP contribution in [0.25, 0.3) is 0 Å². The Morgan fingerprint density at radius 2 is 2.14 bits per heavy atom. The van der Waals surface area contributed by atoms with Crippen LogP contribution in [0.15, 0.2) is 6.20 Å². The van der Waals surface area contributed by atoms with Crippen molar-refractivity contribution in [1.82, 2.24) is 9.78 Å². The molecule has 2 rings (SSSR count). The lowest BCUT2D eigenvalue weighted by Gasteiger charge is -2.28. The molecule has 122 valence electrons. The lowest BCUT2D eigenvalue weighted by atomic mass is 9.86. The van der Waals surface area contributed by atoms with Crippen LogP contribution in [0.4, 0.5) is 14.5 Å². The molecule has 0 bridgehead atoms. The first kappa shape index (κ1) is 16.8. The lowest BCUT2D eigenvalue weighted by Crippen LogP contribution is -2.21. The maximum atomic E-state index is 12.7. The highest BCUT2D eigenvalue weighted by atomic mass is 19.3. The van der Waals surface area contributed by atoms with Crippen molar-refractivity contribution in [3.05, 3.63) is 11.9 Å². The Morgan fingerprint density at radius 3 is 2.73 bits per heavy atom. The molecule has 0 unspecified atom stereocenters. The van der Waals surface area contributed by atoms with Crippen molar-refractivity contribution in [3.8, 4) is 12.3 Å². The average Bonchev–Trinajstić information content (AvgIpc) is 2.90. The number of nitrogens with zero attached hydrogens (tertiary/aromatic N) is 2. The summed E-state index contributed by atoms with van der Waals surface area (Å²) < 4.78 is 32.7. The molecular weight excluding hydrogens is 288 g/mol. The highest BCUT2D eigenvalue weighted by molar-refractivity contribution is 5.41. The SMILES string of the molecule is C#CCCCOCC1CCC(n2cc(N)c(C(F)F)n2)CC1. The van der Waals surface area contributed by atoms with Crippen LogP contribution in [0.1, 0.15) is 56.7 Å². The van der Waals surface area contributed by atoms with Gasteiger partial charge in [-0.1, -0.05) is 0 Å². The van der Waals surface area contributed by atoms with E-state index in [1.54, 1.807) is 4.68 Å². The van der Waals surface area contributed by atoms with E-state index < -0.39 is 6.43 Å². The third-order valence-electron chi connectivity index (χ3n) is 4.15. The molecule has 0 amide bonds. The normalized spacial score (nSPS) is 21.9. The van der Waals surface area contributed by atoms with Crippen molar-refractivity contribution in [2.24, 2.45) is 5.92 Å². The Kier molecular flexibility index (Phi) is 6.20. The molecule has 1 heterocycles. The summed E-state index contributed by atoms with van der Waals surface area (Å²) in [4.78, 5) is 0. The monoisotopic (exact) mass is 311 g/mol. The van der Waals surface area contributed by atoms with Crippen LogP contribution in [0.5, 0.6) is 0 Å². The number of rotatable bonds is 7. The van der Waals surface area contributed by atoms with E-state index in [2.05, 4.69) is 11.0 Å². The summed E-state index contributed by atoms with van der Waals surface area (Å²) in [5, 5.41) is 3.95. The van der Waals surface area contributed by atoms with Crippen molar-refractivity contribution in [2.45, 2.75) is 51.0 Å². The maximum absolute atomic E-state index is 12.7. The van der Waals surface area contributed by atoms with Crippen LogP contribution in [0, 0.1) is 18.3 Å². The van der Waals surface area contributed by atoms with E-state index in [-0.39, 0.29) is 17.4 Å². The molecular formula is C16H23F2N3O. The molecule has 1 aliphatic rings. The van der Waals surface area contributed by atoms with Gasteiger partial charge in [0.2, 0.25) is 0 Å². The fourth-order valence-electron chi connectivity index (χ4n) is 2.88. The van der Waals surface area contributed by atoms with Gasteiger partial charge < -0.3 is 10.5 Å². The highest BCUT2D eigenvalue weighted by Gasteiger charge is 2.25. The van der Waals surface area contributed by atoms with E-state index in [0.717, 1.165) is 45.1 Å². The van der Waals surface area contributed by atoms with Gasteiger partial charge in [0.05, 0.1) is 11.7 Å². The summed E-state index contributed by atoms with van der Waals surface area (Å²) in [5.41, 5.74) is 5.36. The van der Waals surface area contributed by atoms with E-state index in [1.807, 2.05) is 0 Å². The summed E-state index contributed by atoms with van der Waals surface area (Å²) in [6.45, 7) is 1.46. The Bertz CT molecular complexity index is 502. The fourth-order valence-corrected chi connectivity index (χ4v) is 2.88. The van der Waals surface area contributed by atoms with Gasteiger partial charge in [0.15, 0.2) is 5.69 Å². The number of aromatic nitrogens is 2. The molecule has 1 aromatic heterocycles. The first-order valence-corrected chi connectivity index (χ1v) is 7.75. The number of hydrogen-bond acceptors (Lipinski definition) is 3. The van der Waals surface area contributed by atoms with Crippen LogP contribution in [-0.4, -0.2) is 23.0 Å². The molecule has 1 fully saturated rings. The van der Waals surface area contributed by atoms with Crippen molar-refractivity contribution >= 4 is 5.69 Å². The van der Waals surface area contributed by atoms with E-state index in [9.17, 15) is 8.78 Å². The quantitative estimate of drug-likeness (QED) is 0.619. The first-order valence-electron chi connectivity index (χ1n) is 7.75. The van der Waals surface area contributed by atoms with Crippen molar-refractivity contribution in [3.63, 3.8) is 0 Å². The molecule has 0 radical (unpaired) electrons. The predicted molar refractivity (Wildman–Crippen MR) is 81.5 cm³/mol. The van der Waals surface area contributed by atoms with E-state index >= 15 is 0 Å². The maximum Gasteiger partial charge on any atom is 0.284 e. The largest absolute Gasteiger partial charge is 0.396 e. The van der Waals surface area contributed by atoms with E-state index in [1.165, 1.54) is 6.20 Å². The molecule has 6 heteroatoms. The second kappa shape index (κ2) is 8.14. The lowest BCUT2D eigenvalue weighted by molar-refractivity contribution is 0.0764. The number of nitrogen functional groups attached to an aromatic ring is 1. The Hall–Kier alpha value is -1.61. The summed E-state index contributed by atoms with van der Waals surface area (Å²) in [7, 11) is 0. The second-order valence-electron chi connectivity index (χ2n) is 5.81. The van der Waals surface area contributed by atoms with Crippen LogP contribution >= 0.6 is 0 Å². The van der Waals surface area contributed by atoms with Gasteiger partial charge >= 0.3 is 0 Å². The van der Waals surface area contributed by atoms with Crippen LogP contribution in [0.2, 0.25) is 0 Å². The molecule has 0 aliphatic heterocycles. The van der Waals surface area contributed by atoms with Gasteiger partial charge in [0.25, 0.3) is 6.43 Å². The second-order valence-corrected chi connectivity index (χ2v) is 5.81. The number of nitrogens with two attached hydrogens (primary N) is 1. The molecule has 4 nitrogen and oxygen atoms in total. The Labute approximate surface area is 130 Å². The molecule has 0 spiro atoms. The zero-order valence-electron chi connectivity index (χ0n) is 12.7. The van der Waals surface area contributed by atoms with Crippen LogP contribution in [-0.2, 0) is 4.74 Å². The number of unbranched alkanes of at least 4 members (excludes halogenated alkanes) is 1.